The third-order valence-electron chi connectivity index (χ3n) is 3.52. The fourth-order valence-corrected chi connectivity index (χ4v) is 3.62. The molecule has 2 rings (SSSR count). The van der Waals surface area contributed by atoms with Crippen LogP contribution in [0.15, 0.2) is 17.5 Å². The molecule has 0 aromatic carbocycles. The standard InChI is InChI=1S/C12H19NS/c1-9-5-3-6-10(9)12(13-2)11-7-4-8-14-11/h4,7-10,12-13H,3,5-6H2,1-2H3. The van der Waals surface area contributed by atoms with Crippen molar-refractivity contribution in [2.45, 2.75) is 32.2 Å². The van der Waals surface area contributed by atoms with Crippen molar-refractivity contribution < 1.29 is 0 Å². The van der Waals surface area contributed by atoms with Gasteiger partial charge in [0.2, 0.25) is 0 Å². The van der Waals surface area contributed by atoms with Crippen LogP contribution in [0.3, 0.4) is 0 Å². The van der Waals surface area contributed by atoms with Crippen LogP contribution in [-0.2, 0) is 0 Å². The predicted molar refractivity (Wildman–Crippen MR) is 62.6 cm³/mol. The van der Waals surface area contributed by atoms with E-state index in [0.717, 1.165) is 11.8 Å². The zero-order valence-electron chi connectivity index (χ0n) is 8.99. The summed E-state index contributed by atoms with van der Waals surface area (Å²) in [5, 5.41) is 5.67. The van der Waals surface area contributed by atoms with E-state index in [9.17, 15) is 0 Å². The molecule has 0 aliphatic heterocycles. The Kier molecular flexibility index (Phi) is 3.24. The van der Waals surface area contributed by atoms with Crippen LogP contribution in [0, 0.1) is 11.8 Å². The van der Waals surface area contributed by atoms with E-state index in [1.807, 2.05) is 11.3 Å². The van der Waals surface area contributed by atoms with Gasteiger partial charge in [-0.3, -0.25) is 0 Å². The molecule has 1 aromatic rings. The van der Waals surface area contributed by atoms with Crippen LogP contribution in [0.25, 0.3) is 0 Å². The van der Waals surface area contributed by atoms with Gasteiger partial charge in [0, 0.05) is 10.9 Å². The van der Waals surface area contributed by atoms with Crippen molar-refractivity contribution in [1.29, 1.82) is 0 Å². The molecule has 0 spiro atoms. The third kappa shape index (κ3) is 1.86. The summed E-state index contributed by atoms with van der Waals surface area (Å²) in [5.41, 5.74) is 0. The highest BCUT2D eigenvalue weighted by molar-refractivity contribution is 7.10. The molecule has 1 aromatic heterocycles. The molecule has 1 aliphatic carbocycles. The summed E-state index contributed by atoms with van der Waals surface area (Å²) in [5.74, 6) is 1.73. The van der Waals surface area contributed by atoms with Crippen LogP contribution in [0.4, 0.5) is 0 Å². The minimum Gasteiger partial charge on any atom is -0.312 e. The van der Waals surface area contributed by atoms with Crippen LogP contribution in [0.5, 0.6) is 0 Å². The summed E-state index contributed by atoms with van der Waals surface area (Å²) in [7, 11) is 2.09. The predicted octanol–water partition coefficient (Wildman–Crippen LogP) is 3.44. The SMILES string of the molecule is CNC(c1cccs1)C1CCCC1C. The quantitative estimate of drug-likeness (QED) is 0.804. The maximum absolute atomic E-state index is 3.49. The summed E-state index contributed by atoms with van der Waals surface area (Å²) in [6.07, 6.45) is 4.22. The van der Waals surface area contributed by atoms with Gasteiger partial charge in [0.25, 0.3) is 0 Å². The Morgan fingerprint density at radius 2 is 2.36 bits per heavy atom. The molecule has 0 radical (unpaired) electrons. The molecular formula is C12H19NS. The van der Waals surface area contributed by atoms with Gasteiger partial charge in [-0.25, -0.2) is 0 Å². The molecule has 0 saturated heterocycles. The monoisotopic (exact) mass is 209 g/mol. The van der Waals surface area contributed by atoms with E-state index in [2.05, 4.69) is 36.8 Å². The van der Waals surface area contributed by atoms with Crippen molar-refractivity contribution in [3.63, 3.8) is 0 Å². The lowest BCUT2D eigenvalue weighted by Gasteiger charge is -2.25. The van der Waals surface area contributed by atoms with Gasteiger partial charge < -0.3 is 5.32 Å². The van der Waals surface area contributed by atoms with Gasteiger partial charge in [-0.1, -0.05) is 25.8 Å². The summed E-state index contributed by atoms with van der Waals surface area (Å²) in [6.45, 7) is 2.40. The zero-order valence-corrected chi connectivity index (χ0v) is 9.81. The van der Waals surface area contributed by atoms with Crippen molar-refractivity contribution in [3.05, 3.63) is 22.4 Å². The second-order valence-electron chi connectivity index (χ2n) is 4.35. The maximum atomic E-state index is 3.49. The minimum absolute atomic E-state index is 0.590. The number of thiophene rings is 1. The van der Waals surface area contributed by atoms with Gasteiger partial charge in [-0.05, 0) is 36.8 Å². The molecule has 1 nitrogen and oxygen atoms in total. The lowest BCUT2D eigenvalue weighted by Crippen LogP contribution is -2.25. The molecule has 3 atom stereocenters. The Balaban J connectivity index is 2.13. The van der Waals surface area contributed by atoms with Crippen molar-refractivity contribution >= 4 is 11.3 Å². The zero-order chi connectivity index (χ0) is 9.97. The van der Waals surface area contributed by atoms with Gasteiger partial charge in [0.05, 0.1) is 0 Å². The van der Waals surface area contributed by atoms with Gasteiger partial charge in [-0.15, -0.1) is 11.3 Å². The fourth-order valence-electron chi connectivity index (χ4n) is 2.70. The topological polar surface area (TPSA) is 12.0 Å². The second-order valence-corrected chi connectivity index (χ2v) is 5.33. The average molecular weight is 209 g/mol. The van der Waals surface area contributed by atoms with Crippen LogP contribution < -0.4 is 5.32 Å². The van der Waals surface area contributed by atoms with Crippen LogP contribution in [0.2, 0.25) is 0 Å². The first-order valence-electron chi connectivity index (χ1n) is 5.53. The molecule has 1 aliphatic rings. The Morgan fingerprint density at radius 1 is 1.50 bits per heavy atom. The van der Waals surface area contributed by atoms with E-state index < -0.39 is 0 Å². The summed E-state index contributed by atoms with van der Waals surface area (Å²) >= 11 is 1.88. The Labute approximate surface area is 90.5 Å². The number of hydrogen-bond donors (Lipinski definition) is 1. The van der Waals surface area contributed by atoms with Crippen molar-refractivity contribution in [2.75, 3.05) is 7.05 Å². The van der Waals surface area contributed by atoms with Crippen LogP contribution in [-0.4, -0.2) is 7.05 Å². The Bertz CT molecular complexity index is 268. The first-order valence-corrected chi connectivity index (χ1v) is 6.41. The molecule has 1 heterocycles. The smallest absolute Gasteiger partial charge is 0.0443 e. The van der Waals surface area contributed by atoms with Crippen LogP contribution >= 0.6 is 11.3 Å². The van der Waals surface area contributed by atoms with Gasteiger partial charge >= 0.3 is 0 Å². The van der Waals surface area contributed by atoms with Gasteiger partial charge in [0.1, 0.15) is 0 Å². The summed E-state index contributed by atoms with van der Waals surface area (Å²) in [6, 6.07) is 5.01. The van der Waals surface area contributed by atoms with Crippen molar-refractivity contribution in [1.82, 2.24) is 5.32 Å². The first kappa shape index (κ1) is 10.2. The molecule has 2 heteroatoms. The van der Waals surface area contributed by atoms with Crippen LogP contribution in [0.1, 0.15) is 37.1 Å². The largest absolute Gasteiger partial charge is 0.312 e. The first-order chi connectivity index (χ1) is 6.83. The highest BCUT2D eigenvalue weighted by Gasteiger charge is 2.31. The normalized spacial score (nSPS) is 29.3. The lowest BCUT2D eigenvalue weighted by molar-refractivity contribution is 0.319. The number of hydrogen-bond acceptors (Lipinski definition) is 2. The molecule has 0 amide bonds. The van der Waals surface area contributed by atoms with E-state index in [1.165, 1.54) is 24.1 Å². The molecule has 3 unspecified atom stereocenters. The molecule has 1 saturated carbocycles. The van der Waals surface area contributed by atoms with Gasteiger partial charge in [-0.2, -0.15) is 0 Å². The second kappa shape index (κ2) is 4.45. The maximum Gasteiger partial charge on any atom is 0.0443 e. The third-order valence-corrected chi connectivity index (χ3v) is 4.47. The molecule has 1 fully saturated rings. The Hall–Kier alpha value is -0.340. The van der Waals surface area contributed by atoms with Crippen molar-refractivity contribution in [2.24, 2.45) is 11.8 Å². The van der Waals surface area contributed by atoms with Gasteiger partial charge in [0.15, 0.2) is 0 Å². The fraction of sp³-hybridized carbons (Fsp3) is 0.667. The molecular weight excluding hydrogens is 190 g/mol. The Morgan fingerprint density at radius 3 is 2.86 bits per heavy atom. The summed E-state index contributed by atoms with van der Waals surface area (Å²) < 4.78 is 0. The lowest BCUT2D eigenvalue weighted by atomic mass is 9.89. The highest BCUT2D eigenvalue weighted by atomic mass is 32.1. The molecule has 78 valence electrons. The number of rotatable bonds is 3. The van der Waals surface area contributed by atoms with E-state index in [4.69, 9.17) is 0 Å². The highest BCUT2D eigenvalue weighted by Crippen LogP contribution is 2.40. The minimum atomic E-state index is 0.590. The number of nitrogens with one attached hydrogen (secondary N) is 1. The van der Waals surface area contributed by atoms with E-state index in [1.54, 1.807) is 0 Å². The van der Waals surface area contributed by atoms with Crippen molar-refractivity contribution in [3.8, 4) is 0 Å². The van der Waals surface area contributed by atoms with E-state index in [-0.39, 0.29) is 0 Å². The molecule has 1 N–H and O–H groups in total. The summed E-state index contributed by atoms with van der Waals surface area (Å²) in [4.78, 5) is 1.51. The van der Waals surface area contributed by atoms with E-state index in [0.29, 0.717) is 6.04 Å². The van der Waals surface area contributed by atoms with E-state index >= 15 is 0 Å². The average Bonchev–Trinajstić information content (AvgIpc) is 2.80. The molecule has 14 heavy (non-hydrogen) atoms. The molecule has 0 bridgehead atoms.